The first-order valence-corrected chi connectivity index (χ1v) is 13.4. The van der Waals surface area contributed by atoms with Crippen molar-refractivity contribution < 1.29 is 13.6 Å². The molecule has 0 saturated carbocycles. The molecule has 2 amide bonds. The van der Waals surface area contributed by atoms with E-state index in [1.54, 1.807) is 22.6 Å². The lowest BCUT2D eigenvalue weighted by Crippen LogP contribution is -2.53. The van der Waals surface area contributed by atoms with Crippen LogP contribution in [0.25, 0.3) is 6.08 Å². The number of carbonyl (C=O) groups is 1. The number of halogens is 2. The number of rotatable bonds is 4. The van der Waals surface area contributed by atoms with Crippen molar-refractivity contribution in [2.45, 2.75) is 50.6 Å². The van der Waals surface area contributed by atoms with E-state index >= 15 is 0 Å². The quantitative estimate of drug-likeness (QED) is 0.567. The maximum atomic E-state index is 14.6. The fraction of sp³-hybridized carbons (Fsp3) is 0.519. The number of fused-ring (bicyclic) bond motifs is 1. The summed E-state index contributed by atoms with van der Waals surface area (Å²) in [7, 11) is 1.70. The minimum atomic E-state index is -0.845. The second kappa shape index (κ2) is 11.0. The van der Waals surface area contributed by atoms with Gasteiger partial charge in [0, 0.05) is 51.7 Å². The number of anilines is 1. The van der Waals surface area contributed by atoms with Gasteiger partial charge < -0.3 is 20.4 Å². The Morgan fingerprint density at radius 1 is 1.18 bits per heavy atom. The molecule has 5 rings (SSSR count). The van der Waals surface area contributed by atoms with Crippen molar-refractivity contribution in [3.63, 3.8) is 0 Å². The third-order valence-corrected chi connectivity index (χ3v) is 7.97. The van der Waals surface area contributed by atoms with Gasteiger partial charge in [0.2, 0.25) is 0 Å². The standard InChI is InChI=1S/C27H35F2N7O2/c1-3-34-16-17(19-6-4-7-20(28)23(19)29)9-10-21(25(34)30-2)32-26(37)35-14-11-18(12-15-35)36-22-8-5-13-31-24(22)33-27(36)38/h4-8,17-18,21,31H,3,9-16H2,1-2H3,(H,32,37)(H,33,38)/b30-25+/t17-,21-/m1/s1. The number of amidine groups is 1. The van der Waals surface area contributed by atoms with Crippen LogP contribution in [0.1, 0.15) is 55.8 Å². The van der Waals surface area contributed by atoms with E-state index in [-0.39, 0.29) is 29.7 Å². The number of nitrogens with zero attached hydrogens (tertiary/aromatic N) is 4. The molecular weight excluding hydrogens is 492 g/mol. The highest BCUT2D eigenvalue weighted by Gasteiger charge is 2.34. The van der Waals surface area contributed by atoms with Gasteiger partial charge in [-0.3, -0.25) is 14.5 Å². The predicted octanol–water partition coefficient (Wildman–Crippen LogP) is 3.54. The molecule has 9 nitrogen and oxygen atoms in total. The number of aromatic nitrogens is 2. The number of aliphatic imine (C=N–C) groups is 1. The topological polar surface area (TPSA) is 97.8 Å². The molecule has 0 unspecified atom stereocenters. The summed E-state index contributed by atoms with van der Waals surface area (Å²) in [6.45, 7) is 4.87. The molecule has 2 aromatic rings. The van der Waals surface area contributed by atoms with Crippen LogP contribution < -0.4 is 16.3 Å². The van der Waals surface area contributed by atoms with Crippen LogP contribution in [0.3, 0.4) is 0 Å². The van der Waals surface area contributed by atoms with Crippen LogP contribution in [0, 0.1) is 11.6 Å². The van der Waals surface area contributed by atoms with E-state index < -0.39 is 11.6 Å². The first-order valence-electron chi connectivity index (χ1n) is 13.4. The number of imidazole rings is 1. The first kappa shape index (κ1) is 26.0. The molecule has 0 radical (unpaired) electrons. The zero-order valence-corrected chi connectivity index (χ0v) is 21.8. The van der Waals surface area contributed by atoms with Crippen molar-refractivity contribution in [3.05, 3.63) is 57.7 Å². The molecule has 38 heavy (non-hydrogen) atoms. The molecule has 2 saturated heterocycles. The Hall–Kier alpha value is -3.63. The summed E-state index contributed by atoms with van der Waals surface area (Å²) < 4.78 is 30.3. The Bertz CT molecular complexity index is 1290. The highest BCUT2D eigenvalue weighted by molar-refractivity contribution is 5.91. The zero-order chi connectivity index (χ0) is 26.8. The molecule has 11 heteroatoms. The first-order chi connectivity index (χ1) is 18.4. The van der Waals surface area contributed by atoms with Crippen molar-refractivity contribution >= 4 is 23.8 Å². The number of urea groups is 1. The number of nitrogens with one attached hydrogen (secondary N) is 3. The van der Waals surface area contributed by atoms with Crippen molar-refractivity contribution in [1.82, 2.24) is 24.7 Å². The maximum Gasteiger partial charge on any atom is 0.327 e. The van der Waals surface area contributed by atoms with Gasteiger partial charge in [-0.25, -0.2) is 18.4 Å². The summed E-state index contributed by atoms with van der Waals surface area (Å²) in [5, 5.41) is 6.34. The minimum absolute atomic E-state index is 0.0132. The lowest BCUT2D eigenvalue weighted by atomic mass is 9.93. The lowest BCUT2D eigenvalue weighted by molar-refractivity contribution is 0.169. The van der Waals surface area contributed by atoms with E-state index in [0.29, 0.717) is 64.0 Å². The molecule has 0 bridgehead atoms. The van der Waals surface area contributed by atoms with Crippen molar-refractivity contribution in [2.24, 2.45) is 4.99 Å². The van der Waals surface area contributed by atoms with Crippen LogP contribution in [-0.2, 0) is 0 Å². The van der Waals surface area contributed by atoms with Gasteiger partial charge in [0.1, 0.15) is 11.7 Å². The van der Waals surface area contributed by atoms with E-state index in [1.807, 2.05) is 24.0 Å². The Morgan fingerprint density at radius 2 is 1.97 bits per heavy atom. The summed E-state index contributed by atoms with van der Waals surface area (Å²) in [6.07, 6.45) is 6.45. The second-order valence-corrected chi connectivity index (χ2v) is 10.1. The predicted molar refractivity (Wildman–Crippen MR) is 144 cm³/mol. The monoisotopic (exact) mass is 527 g/mol. The number of H-pyrrole nitrogens is 1. The van der Waals surface area contributed by atoms with Crippen LogP contribution in [0.2, 0.25) is 0 Å². The highest BCUT2D eigenvalue weighted by atomic mass is 19.2. The van der Waals surface area contributed by atoms with Crippen LogP contribution in [0.15, 0.2) is 34.1 Å². The Balaban J connectivity index is 1.25. The molecule has 3 aliphatic heterocycles. The van der Waals surface area contributed by atoms with Gasteiger partial charge in [0.15, 0.2) is 11.6 Å². The number of likely N-dealkylation sites (tertiary alicyclic amines) is 2. The highest BCUT2D eigenvalue weighted by Crippen LogP contribution is 2.31. The molecule has 2 atom stereocenters. The molecule has 3 aliphatic rings. The van der Waals surface area contributed by atoms with Gasteiger partial charge in [-0.1, -0.05) is 18.2 Å². The van der Waals surface area contributed by atoms with Crippen molar-refractivity contribution in [1.29, 1.82) is 0 Å². The van der Waals surface area contributed by atoms with Crippen LogP contribution in [0.4, 0.5) is 19.4 Å². The third kappa shape index (κ3) is 4.93. The Kier molecular flexibility index (Phi) is 7.53. The number of carbonyl (C=O) groups excluding carboxylic acids is 1. The Labute approximate surface area is 220 Å². The largest absolute Gasteiger partial charge is 0.366 e. The molecule has 4 heterocycles. The number of likely N-dealkylation sites (N-methyl/N-ethyl adjacent to an activating group) is 1. The SMILES string of the molecule is CCN1C[C@H](c2cccc(F)c2F)CC[C@@H](NC(=O)N2CCC(n3c4c([nH]c3=O)NCC=C4)CC2)/C1=N\C. The molecule has 0 aliphatic carbocycles. The van der Waals surface area contributed by atoms with Gasteiger partial charge in [0.25, 0.3) is 0 Å². The number of amides is 2. The number of aromatic amines is 1. The number of hydrogen-bond acceptors (Lipinski definition) is 4. The van der Waals surface area contributed by atoms with Gasteiger partial charge in [-0.05, 0) is 50.3 Å². The molecule has 204 valence electrons. The van der Waals surface area contributed by atoms with Crippen LogP contribution in [0.5, 0.6) is 0 Å². The normalized spacial score (nSPS) is 23.2. The van der Waals surface area contributed by atoms with Crippen LogP contribution >= 0.6 is 0 Å². The second-order valence-electron chi connectivity index (χ2n) is 10.1. The van der Waals surface area contributed by atoms with Gasteiger partial charge >= 0.3 is 11.7 Å². The van der Waals surface area contributed by atoms with E-state index in [4.69, 9.17) is 0 Å². The van der Waals surface area contributed by atoms with Crippen molar-refractivity contribution in [3.8, 4) is 0 Å². The molecule has 3 N–H and O–H groups in total. The average Bonchev–Trinajstić information content (AvgIpc) is 3.16. The molecule has 0 spiro atoms. The third-order valence-electron chi connectivity index (χ3n) is 7.97. The number of hydrogen-bond donors (Lipinski definition) is 3. The lowest BCUT2D eigenvalue weighted by Gasteiger charge is -2.35. The molecule has 2 fully saturated rings. The number of piperidine rings is 1. The molecule has 1 aromatic heterocycles. The van der Waals surface area contributed by atoms with Gasteiger partial charge in [0.05, 0.1) is 11.7 Å². The Morgan fingerprint density at radius 3 is 2.71 bits per heavy atom. The molecule has 1 aromatic carbocycles. The summed E-state index contributed by atoms with van der Waals surface area (Å²) in [5.74, 6) is -0.367. The fourth-order valence-electron chi connectivity index (χ4n) is 6.00. The average molecular weight is 528 g/mol. The van der Waals surface area contributed by atoms with E-state index in [1.165, 1.54) is 6.07 Å². The van der Waals surface area contributed by atoms with Gasteiger partial charge in [-0.15, -0.1) is 0 Å². The van der Waals surface area contributed by atoms with E-state index in [9.17, 15) is 18.4 Å². The summed E-state index contributed by atoms with van der Waals surface area (Å²) >= 11 is 0. The summed E-state index contributed by atoms with van der Waals surface area (Å²) in [5.41, 5.74) is 1.08. The minimum Gasteiger partial charge on any atom is -0.366 e. The molecular formula is C27H35F2N7O2. The van der Waals surface area contributed by atoms with Gasteiger partial charge in [-0.2, -0.15) is 0 Å². The maximum absolute atomic E-state index is 14.6. The van der Waals surface area contributed by atoms with Crippen molar-refractivity contribution in [2.75, 3.05) is 45.1 Å². The van der Waals surface area contributed by atoms with E-state index in [0.717, 1.165) is 23.4 Å². The summed E-state index contributed by atoms with van der Waals surface area (Å²) in [4.78, 5) is 37.1. The smallest absolute Gasteiger partial charge is 0.327 e. The zero-order valence-electron chi connectivity index (χ0n) is 21.8. The number of benzene rings is 1. The van der Waals surface area contributed by atoms with E-state index in [2.05, 4.69) is 20.6 Å². The fourth-order valence-corrected chi connectivity index (χ4v) is 6.00. The summed E-state index contributed by atoms with van der Waals surface area (Å²) in [6, 6.07) is 3.82. The van der Waals surface area contributed by atoms with Crippen LogP contribution in [-0.4, -0.2) is 77.0 Å².